The lowest BCUT2D eigenvalue weighted by atomic mass is 10.0. The minimum absolute atomic E-state index is 0.0906. The summed E-state index contributed by atoms with van der Waals surface area (Å²) in [6.07, 6.45) is 2.77. The summed E-state index contributed by atoms with van der Waals surface area (Å²) < 4.78 is 26.6. The predicted octanol–water partition coefficient (Wildman–Crippen LogP) is 2.66. The van der Waals surface area contributed by atoms with Crippen LogP contribution >= 0.6 is 11.6 Å². The Morgan fingerprint density at radius 2 is 1.96 bits per heavy atom. The third-order valence-electron chi connectivity index (χ3n) is 4.00. The summed E-state index contributed by atoms with van der Waals surface area (Å²) in [5.41, 5.74) is 0.496. The minimum Gasteiger partial charge on any atom is -0.338 e. The molecule has 1 aromatic rings. The number of amides is 1. The molecule has 2 rings (SSSR count). The van der Waals surface area contributed by atoms with Crippen molar-refractivity contribution in [3.05, 3.63) is 34.9 Å². The van der Waals surface area contributed by atoms with Crippen LogP contribution in [0.1, 0.15) is 43.0 Å². The van der Waals surface area contributed by atoms with Crippen molar-refractivity contribution in [2.75, 3.05) is 18.8 Å². The number of sulfonamides is 1. The van der Waals surface area contributed by atoms with Gasteiger partial charge in [-0.15, -0.1) is 0 Å². The van der Waals surface area contributed by atoms with Crippen LogP contribution in [0, 0.1) is 0 Å². The molecule has 0 spiro atoms. The Morgan fingerprint density at radius 1 is 1.30 bits per heavy atom. The van der Waals surface area contributed by atoms with Gasteiger partial charge in [-0.1, -0.05) is 37.1 Å². The number of likely N-dealkylation sites (tertiary alicyclic amines) is 1. The molecule has 0 saturated carbocycles. The SMILES string of the molecule is CCCCS(=O)(=O)NC1CCN(C(=O)c2ccccc2Cl)CC1. The highest BCUT2D eigenvalue weighted by molar-refractivity contribution is 7.89. The number of hydrogen-bond acceptors (Lipinski definition) is 3. The molecule has 1 saturated heterocycles. The fourth-order valence-corrected chi connectivity index (χ4v) is 4.40. The fourth-order valence-electron chi connectivity index (χ4n) is 2.65. The van der Waals surface area contributed by atoms with Crippen LogP contribution in [0.15, 0.2) is 24.3 Å². The highest BCUT2D eigenvalue weighted by Crippen LogP contribution is 2.20. The number of nitrogens with zero attached hydrogens (tertiary/aromatic N) is 1. The fraction of sp³-hybridized carbons (Fsp3) is 0.562. The minimum atomic E-state index is -3.21. The molecule has 0 aromatic heterocycles. The van der Waals surface area contributed by atoms with Gasteiger partial charge in [-0.2, -0.15) is 0 Å². The predicted molar refractivity (Wildman–Crippen MR) is 92.2 cm³/mol. The molecule has 128 valence electrons. The van der Waals surface area contributed by atoms with Gasteiger partial charge in [0.1, 0.15) is 0 Å². The van der Waals surface area contributed by atoms with E-state index in [-0.39, 0.29) is 17.7 Å². The Kier molecular flexibility index (Phi) is 6.44. The summed E-state index contributed by atoms with van der Waals surface area (Å²) in [5, 5.41) is 0.444. The van der Waals surface area contributed by atoms with Crippen molar-refractivity contribution < 1.29 is 13.2 Å². The van der Waals surface area contributed by atoms with E-state index in [2.05, 4.69) is 4.72 Å². The van der Waals surface area contributed by atoms with E-state index in [1.54, 1.807) is 29.2 Å². The number of piperidine rings is 1. The van der Waals surface area contributed by atoms with Crippen LogP contribution in [-0.2, 0) is 10.0 Å². The zero-order chi connectivity index (χ0) is 16.9. The van der Waals surface area contributed by atoms with Gasteiger partial charge in [-0.25, -0.2) is 13.1 Å². The maximum Gasteiger partial charge on any atom is 0.255 e. The topological polar surface area (TPSA) is 66.5 Å². The van der Waals surface area contributed by atoms with Crippen LogP contribution in [0.2, 0.25) is 5.02 Å². The van der Waals surface area contributed by atoms with Gasteiger partial charge in [-0.3, -0.25) is 4.79 Å². The molecule has 1 fully saturated rings. The molecule has 1 amide bonds. The molecule has 1 heterocycles. The van der Waals surface area contributed by atoms with Crippen LogP contribution in [0.5, 0.6) is 0 Å². The maximum atomic E-state index is 12.5. The van der Waals surface area contributed by atoms with E-state index < -0.39 is 10.0 Å². The van der Waals surface area contributed by atoms with Crippen LogP contribution < -0.4 is 4.72 Å². The lowest BCUT2D eigenvalue weighted by molar-refractivity contribution is 0.0711. The average Bonchev–Trinajstić information content (AvgIpc) is 2.53. The highest BCUT2D eigenvalue weighted by Gasteiger charge is 2.26. The number of nitrogens with one attached hydrogen (secondary N) is 1. The van der Waals surface area contributed by atoms with Crippen molar-refractivity contribution in [3.8, 4) is 0 Å². The Hall–Kier alpha value is -1.11. The van der Waals surface area contributed by atoms with Gasteiger partial charge >= 0.3 is 0 Å². The number of rotatable bonds is 6. The number of hydrogen-bond donors (Lipinski definition) is 1. The van der Waals surface area contributed by atoms with E-state index in [0.717, 1.165) is 6.42 Å². The molecule has 1 aliphatic heterocycles. The quantitative estimate of drug-likeness (QED) is 0.850. The first-order valence-corrected chi connectivity index (χ1v) is 10.00. The van der Waals surface area contributed by atoms with Crippen LogP contribution in [0.3, 0.4) is 0 Å². The number of carbonyl (C=O) groups is 1. The molecule has 1 N–H and O–H groups in total. The molecule has 5 nitrogen and oxygen atoms in total. The number of unbranched alkanes of at least 4 members (excludes halogenated alkanes) is 1. The van der Waals surface area contributed by atoms with E-state index >= 15 is 0 Å². The van der Waals surface area contributed by atoms with Crippen molar-refractivity contribution in [3.63, 3.8) is 0 Å². The Bertz CT molecular complexity index is 640. The molecule has 0 aliphatic carbocycles. The van der Waals surface area contributed by atoms with Crippen molar-refractivity contribution in [2.45, 2.75) is 38.6 Å². The molecule has 0 radical (unpaired) electrons. The Morgan fingerprint density at radius 3 is 2.57 bits per heavy atom. The second kappa shape index (κ2) is 8.13. The lowest BCUT2D eigenvalue weighted by Crippen LogP contribution is -2.47. The Labute approximate surface area is 143 Å². The van der Waals surface area contributed by atoms with Gasteiger partial charge < -0.3 is 4.90 Å². The normalized spacial score (nSPS) is 16.5. The van der Waals surface area contributed by atoms with E-state index in [1.165, 1.54) is 0 Å². The van der Waals surface area contributed by atoms with Crippen LogP contribution in [-0.4, -0.2) is 44.1 Å². The third-order valence-corrected chi connectivity index (χ3v) is 5.85. The second-order valence-corrected chi connectivity index (χ2v) is 8.12. The number of carbonyl (C=O) groups excluding carboxylic acids is 1. The number of halogens is 1. The molecular formula is C16H23ClN2O3S. The monoisotopic (exact) mass is 358 g/mol. The first-order valence-electron chi connectivity index (χ1n) is 7.96. The van der Waals surface area contributed by atoms with Gasteiger partial charge in [0.15, 0.2) is 0 Å². The molecule has 1 aliphatic rings. The molecule has 0 atom stereocenters. The highest BCUT2D eigenvalue weighted by atomic mass is 35.5. The molecule has 0 bridgehead atoms. The largest absolute Gasteiger partial charge is 0.338 e. The smallest absolute Gasteiger partial charge is 0.255 e. The van der Waals surface area contributed by atoms with E-state index in [1.807, 2.05) is 6.92 Å². The van der Waals surface area contributed by atoms with Crippen molar-refractivity contribution in [1.82, 2.24) is 9.62 Å². The average molecular weight is 359 g/mol. The zero-order valence-corrected chi connectivity index (χ0v) is 14.9. The zero-order valence-electron chi connectivity index (χ0n) is 13.3. The standard InChI is InChI=1S/C16H23ClN2O3S/c1-2-3-12-23(21,22)18-13-8-10-19(11-9-13)16(20)14-6-4-5-7-15(14)17/h4-7,13,18H,2-3,8-12H2,1H3. The third kappa shape index (κ3) is 5.19. The molecule has 23 heavy (non-hydrogen) atoms. The summed E-state index contributed by atoms with van der Waals surface area (Å²) in [6.45, 7) is 3.03. The first kappa shape index (κ1) is 18.2. The summed E-state index contributed by atoms with van der Waals surface area (Å²) >= 11 is 6.06. The van der Waals surface area contributed by atoms with Gasteiger partial charge in [0.05, 0.1) is 16.3 Å². The maximum absolute atomic E-state index is 12.5. The van der Waals surface area contributed by atoms with Gasteiger partial charge in [-0.05, 0) is 31.4 Å². The molecular weight excluding hydrogens is 336 g/mol. The summed E-state index contributed by atoms with van der Waals surface area (Å²) in [7, 11) is -3.21. The first-order chi connectivity index (χ1) is 10.9. The summed E-state index contributed by atoms with van der Waals surface area (Å²) in [6, 6.07) is 6.89. The van der Waals surface area contributed by atoms with E-state index in [9.17, 15) is 13.2 Å². The van der Waals surface area contributed by atoms with E-state index in [4.69, 9.17) is 11.6 Å². The van der Waals surface area contributed by atoms with Crippen molar-refractivity contribution >= 4 is 27.5 Å². The molecule has 1 aromatic carbocycles. The van der Waals surface area contributed by atoms with E-state index in [0.29, 0.717) is 42.9 Å². The van der Waals surface area contributed by atoms with Crippen molar-refractivity contribution in [1.29, 1.82) is 0 Å². The lowest BCUT2D eigenvalue weighted by Gasteiger charge is -2.32. The summed E-state index contributed by atoms with van der Waals surface area (Å²) in [5.74, 6) is 0.0744. The van der Waals surface area contributed by atoms with Gasteiger partial charge in [0.25, 0.3) is 5.91 Å². The van der Waals surface area contributed by atoms with Gasteiger partial charge in [0, 0.05) is 19.1 Å². The number of benzene rings is 1. The van der Waals surface area contributed by atoms with Crippen LogP contribution in [0.25, 0.3) is 0 Å². The summed E-state index contributed by atoms with van der Waals surface area (Å²) in [4.78, 5) is 14.2. The van der Waals surface area contributed by atoms with Crippen LogP contribution in [0.4, 0.5) is 0 Å². The molecule has 0 unspecified atom stereocenters. The second-order valence-electron chi connectivity index (χ2n) is 5.84. The molecule has 7 heteroatoms. The Balaban J connectivity index is 1.89. The van der Waals surface area contributed by atoms with Gasteiger partial charge in [0.2, 0.25) is 10.0 Å². The van der Waals surface area contributed by atoms with Crippen molar-refractivity contribution in [2.24, 2.45) is 0 Å².